The van der Waals surface area contributed by atoms with E-state index in [1.165, 1.54) is 32.4 Å². The molecule has 2 amide bonds. The van der Waals surface area contributed by atoms with Gasteiger partial charge in [0.15, 0.2) is 11.6 Å². The Morgan fingerprint density at radius 1 is 1.00 bits per heavy atom. The maximum atomic E-state index is 13.4. The number of phenolic OH excluding ortho intramolecular Hbond substituents is 1. The zero-order chi connectivity index (χ0) is 23.6. The summed E-state index contributed by atoms with van der Waals surface area (Å²) in [5.74, 6) is -2.91. The summed E-state index contributed by atoms with van der Waals surface area (Å²) in [6, 6.07) is 2.86. The molecule has 1 fully saturated rings. The fourth-order valence-electron chi connectivity index (χ4n) is 5.81. The lowest BCUT2D eigenvalue weighted by Gasteiger charge is -2.42. The van der Waals surface area contributed by atoms with E-state index >= 15 is 0 Å². The molecule has 8 heteroatoms. The van der Waals surface area contributed by atoms with Crippen LogP contribution in [0, 0.1) is 17.8 Å². The second kappa shape index (κ2) is 7.43. The van der Waals surface area contributed by atoms with Crippen LogP contribution in [0.3, 0.4) is 0 Å². The van der Waals surface area contributed by atoms with E-state index < -0.39 is 23.7 Å². The Morgan fingerprint density at radius 2 is 1.67 bits per heavy atom. The van der Waals surface area contributed by atoms with E-state index in [1.54, 1.807) is 6.92 Å². The predicted molar refractivity (Wildman–Crippen MR) is 116 cm³/mol. The van der Waals surface area contributed by atoms with Crippen LogP contribution in [0.4, 0.5) is 0 Å². The normalized spacial score (nSPS) is 28.5. The SMILES string of the molecule is COc1cc(O)cc(OC)c1[C@H]1C2=CC[C@@H]3C(=O)NC(=O)[C@@H]3[C@@H]2CC2=C1C(=O)C(C)=CC2=O. The minimum Gasteiger partial charge on any atom is -0.508 e. The topological polar surface area (TPSA) is 119 Å². The van der Waals surface area contributed by atoms with Crippen LogP contribution in [-0.4, -0.2) is 42.7 Å². The molecular weight excluding hydrogens is 426 g/mol. The number of carbonyl (C=O) groups is 4. The van der Waals surface area contributed by atoms with Gasteiger partial charge in [0, 0.05) is 40.3 Å². The number of nitrogens with one attached hydrogen (secondary N) is 1. The maximum absolute atomic E-state index is 13.4. The molecule has 0 spiro atoms. The molecule has 4 aliphatic rings. The van der Waals surface area contributed by atoms with Crippen molar-refractivity contribution in [3.8, 4) is 17.2 Å². The summed E-state index contributed by atoms with van der Waals surface area (Å²) in [7, 11) is 2.89. The number of aromatic hydroxyl groups is 1. The number of ketones is 2. The van der Waals surface area contributed by atoms with Crippen molar-refractivity contribution in [2.45, 2.75) is 25.7 Å². The first kappa shape index (κ1) is 21.2. The number of imide groups is 1. The van der Waals surface area contributed by atoms with Crippen LogP contribution in [0.5, 0.6) is 17.2 Å². The van der Waals surface area contributed by atoms with Gasteiger partial charge in [0.05, 0.1) is 26.1 Å². The van der Waals surface area contributed by atoms with Crippen LogP contribution in [0.15, 0.2) is 46.6 Å². The van der Waals surface area contributed by atoms with E-state index in [2.05, 4.69) is 5.32 Å². The van der Waals surface area contributed by atoms with Gasteiger partial charge in [0.2, 0.25) is 11.8 Å². The average Bonchev–Trinajstić information content (AvgIpc) is 3.09. The van der Waals surface area contributed by atoms with Gasteiger partial charge >= 0.3 is 0 Å². The van der Waals surface area contributed by atoms with E-state index in [0.717, 1.165) is 5.57 Å². The Kier molecular flexibility index (Phi) is 4.77. The summed E-state index contributed by atoms with van der Waals surface area (Å²) in [6.45, 7) is 1.60. The molecule has 1 heterocycles. The van der Waals surface area contributed by atoms with E-state index in [9.17, 15) is 24.3 Å². The average molecular weight is 449 g/mol. The lowest BCUT2D eigenvalue weighted by molar-refractivity contribution is -0.126. The second-order valence-corrected chi connectivity index (χ2v) is 8.85. The summed E-state index contributed by atoms with van der Waals surface area (Å²) < 4.78 is 11.1. The van der Waals surface area contributed by atoms with Crippen molar-refractivity contribution in [1.82, 2.24) is 5.32 Å². The Bertz CT molecular complexity index is 1210. The first-order valence-electron chi connectivity index (χ1n) is 10.8. The van der Waals surface area contributed by atoms with Crippen molar-refractivity contribution in [2.24, 2.45) is 17.8 Å². The van der Waals surface area contributed by atoms with Gasteiger partial charge in [-0.15, -0.1) is 0 Å². The van der Waals surface area contributed by atoms with Gasteiger partial charge in [0.1, 0.15) is 17.2 Å². The van der Waals surface area contributed by atoms with E-state index in [0.29, 0.717) is 40.2 Å². The van der Waals surface area contributed by atoms with E-state index in [1.807, 2.05) is 6.08 Å². The number of methoxy groups -OCH3 is 2. The van der Waals surface area contributed by atoms with Gasteiger partial charge in [-0.25, -0.2) is 0 Å². The summed E-state index contributed by atoms with van der Waals surface area (Å²) >= 11 is 0. The third-order valence-electron chi connectivity index (χ3n) is 7.22. The lowest BCUT2D eigenvalue weighted by Crippen LogP contribution is -2.39. The summed E-state index contributed by atoms with van der Waals surface area (Å²) in [6.07, 6.45) is 3.80. The standard InChI is InChI=1S/C25H23NO7/c1-10-6-16(28)15-9-14-12(4-5-13-19(14)25(31)26-24(13)30)20(21(15)23(10)29)22-17(32-2)7-11(27)8-18(22)33-3/h4,6-8,13-14,19-20,27H,5,9H2,1-3H3,(H,26,30,31)/t13-,14+,19-,20-/m0/s1. The molecule has 1 saturated heterocycles. The number of allylic oxidation sites excluding steroid dienone is 6. The number of carbonyl (C=O) groups excluding carboxylic acids is 4. The van der Waals surface area contributed by atoms with Crippen LogP contribution >= 0.6 is 0 Å². The van der Waals surface area contributed by atoms with Crippen LogP contribution in [0.1, 0.15) is 31.2 Å². The minimum absolute atomic E-state index is 0.0745. The molecular formula is C25H23NO7. The summed E-state index contributed by atoms with van der Waals surface area (Å²) in [5, 5.41) is 12.6. The molecule has 0 radical (unpaired) electrons. The highest BCUT2D eigenvalue weighted by Gasteiger charge is 2.54. The molecule has 3 aliphatic carbocycles. The number of ether oxygens (including phenoxy) is 2. The first-order valence-corrected chi connectivity index (χ1v) is 10.8. The first-order chi connectivity index (χ1) is 15.8. The van der Waals surface area contributed by atoms with Crippen molar-refractivity contribution < 1.29 is 33.8 Å². The largest absolute Gasteiger partial charge is 0.508 e. The number of Topliss-reactive ketones (excluding diaryl/α,β-unsaturated/α-hetero) is 1. The van der Waals surface area contributed by atoms with Gasteiger partial charge in [-0.3, -0.25) is 24.5 Å². The lowest BCUT2D eigenvalue weighted by atomic mass is 9.59. The zero-order valence-electron chi connectivity index (χ0n) is 18.4. The highest BCUT2D eigenvalue weighted by molar-refractivity contribution is 6.24. The van der Waals surface area contributed by atoms with Gasteiger partial charge in [0.25, 0.3) is 0 Å². The summed E-state index contributed by atoms with van der Waals surface area (Å²) in [4.78, 5) is 51.6. The number of fused-ring (bicyclic) bond motifs is 3. The Hall–Kier alpha value is -3.68. The minimum atomic E-state index is -0.714. The number of amides is 2. The molecule has 0 unspecified atom stereocenters. The highest BCUT2D eigenvalue weighted by atomic mass is 16.5. The third kappa shape index (κ3) is 2.97. The molecule has 2 N–H and O–H groups in total. The predicted octanol–water partition coefficient (Wildman–Crippen LogP) is 2.13. The maximum Gasteiger partial charge on any atom is 0.231 e. The number of phenols is 1. The Balaban J connectivity index is 1.80. The number of rotatable bonds is 3. The molecule has 1 aromatic carbocycles. The molecule has 1 aromatic rings. The highest BCUT2D eigenvalue weighted by Crippen LogP contribution is 2.57. The van der Waals surface area contributed by atoms with Crippen molar-refractivity contribution in [1.29, 1.82) is 0 Å². The molecule has 4 atom stereocenters. The monoisotopic (exact) mass is 449 g/mol. The van der Waals surface area contributed by atoms with Crippen LogP contribution in [0.25, 0.3) is 0 Å². The number of hydrogen-bond acceptors (Lipinski definition) is 7. The molecule has 8 nitrogen and oxygen atoms in total. The smallest absolute Gasteiger partial charge is 0.231 e. The summed E-state index contributed by atoms with van der Waals surface area (Å²) in [5.41, 5.74) is 2.32. The molecule has 170 valence electrons. The Labute approximate surface area is 189 Å². The van der Waals surface area contributed by atoms with E-state index in [4.69, 9.17) is 9.47 Å². The van der Waals surface area contributed by atoms with Crippen molar-refractivity contribution >= 4 is 23.4 Å². The second-order valence-electron chi connectivity index (χ2n) is 8.85. The molecule has 0 bridgehead atoms. The van der Waals surface area contributed by atoms with Gasteiger partial charge in [-0.2, -0.15) is 0 Å². The number of benzene rings is 1. The van der Waals surface area contributed by atoms with Crippen molar-refractivity contribution in [2.75, 3.05) is 14.2 Å². The quantitative estimate of drug-likeness (QED) is 0.412. The fraction of sp³-hybridized carbons (Fsp3) is 0.360. The van der Waals surface area contributed by atoms with Crippen LogP contribution in [0.2, 0.25) is 0 Å². The third-order valence-corrected chi connectivity index (χ3v) is 7.22. The molecule has 0 saturated carbocycles. The molecule has 0 aromatic heterocycles. The van der Waals surface area contributed by atoms with Crippen LogP contribution in [-0.2, 0) is 19.2 Å². The van der Waals surface area contributed by atoms with Crippen molar-refractivity contribution in [3.63, 3.8) is 0 Å². The van der Waals surface area contributed by atoms with Gasteiger partial charge in [-0.1, -0.05) is 11.6 Å². The van der Waals surface area contributed by atoms with Gasteiger partial charge in [-0.05, 0) is 31.8 Å². The van der Waals surface area contributed by atoms with E-state index in [-0.39, 0.29) is 35.6 Å². The number of hydrogen-bond donors (Lipinski definition) is 2. The van der Waals surface area contributed by atoms with Crippen molar-refractivity contribution in [3.05, 3.63) is 52.1 Å². The van der Waals surface area contributed by atoms with Gasteiger partial charge < -0.3 is 14.6 Å². The molecule has 1 aliphatic heterocycles. The molecule has 33 heavy (non-hydrogen) atoms. The zero-order valence-corrected chi connectivity index (χ0v) is 18.4. The Morgan fingerprint density at radius 3 is 2.30 bits per heavy atom. The van der Waals surface area contributed by atoms with Crippen LogP contribution < -0.4 is 14.8 Å². The molecule has 5 rings (SSSR count). The fourth-order valence-corrected chi connectivity index (χ4v) is 5.81.